The van der Waals surface area contributed by atoms with Crippen LogP contribution in [-0.4, -0.2) is 30.3 Å². The van der Waals surface area contributed by atoms with E-state index in [1.807, 2.05) is 60.7 Å². The molecule has 6 nitrogen and oxygen atoms in total. The molecule has 36 heavy (non-hydrogen) atoms. The number of carboxylic acid groups (broad SMARTS) is 1. The van der Waals surface area contributed by atoms with E-state index in [0.717, 1.165) is 22.0 Å². The molecule has 0 amide bonds. The van der Waals surface area contributed by atoms with Crippen LogP contribution in [0.4, 0.5) is 0 Å². The molecule has 3 aromatic carbocycles. The monoisotopic (exact) mass is 485 g/mol. The summed E-state index contributed by atoms with van der Waals surface area (Å²) in [6.45, 7) is 6.42. The van der Waals surface area contributed by atoms with Gasteiger partial charge in [-0.2, -0.15) is 0 Å². The Morgan fingerprint density at radius 2 is 1.53 bits per heavy atom. The van der Waals surface area contributed by atoms with Gasteiger partial charge in [0, 0.05) is 17.6 Å². The standard InChI is InChI=1S/C30H31NO5/c1-30(2,3)21-10-8-20(9-11-21)23(29(32)33)16-19-6-12-22(13-7-19)36-26-14-15-31-25-18-28(35-5)27(34-4)17-24(25)26/h6-15,17-18,23H,16H2,1-5H3,(H,32,33). The number of nitrogens with zero attached hydrogens (tertiary/aromatic N) is 1. The zero-order chi connectivity index (χ0) is 25.9. The highest BCUT2D eigenvalue weighted by atomic mass is 16.5. The van der Waals surface area contributed by atoms with E-state index in [1.165, 1.54) is 5.56 Å². The summed E-state index contributed by atoms with van der Waals surface area (Å²) >= 11 is 0. The second-order valence-electron chi connectivity index (χ2n) is 9.75. The Kier molecular flexibility index (Phi) is 7.15. The lowest BCUT2D eigenvalue weighted by Crippen LogP contribution is -2.16. The van der Waals surface area contributed by atoms with Gasteiger partial charge in [0.1, 0.15) is 11.5 Å². The fourth-order valence-corrected chi connectivity index (χ4v) is 4.16. The van der Waals surface area contributed by atoms with Gasteiger partial charge >= 0.3 is 5.97 Å². The predicted octanol–water partition coefficient (Wildman–Crippen LogP) is 6.75. The molecule has 0 fully saturated rings. The first-order valence-corrected chi connectivity index (χ1v) is 11.8. The topological polar surface area (TPSA) is 77.9 Å². The Balaban J connectivity index is 1.54. The summed E-state index contributed by atoms with van der Waals surface area (Å²) in [5.41, 5.74) is 3.63. The van der Waals surface area contributed by atoms with Crippen LogP contribution in [0.15, 0.2) is 72.9 Å². The maximum Gasteiger partial charge on any atom is 0.311 e. The lowest BCUT2D eigenvalue weighted by Gasteiger charge is -2.20. The van der Waals surface area contributed by atoms with Gasteiger partial charge in [0.2, 0.25) is 0 Å². The van der Waals surface area contributed by atoms with E-state index in [-0.39, 0.29) is 5.41 Å². The van der Waals surface area contributed by atoms with E-state index < -0.39 is 11.9 Å². The number of fused-ring (bicyclic) bond motifs is 1. The highest BCUT2D eigenvalue weighted by Crippen LogP contribution is 2.37. The second kappa shape index (κ2) is 10.3. The summed E-state index contributed by atoms with van der Waals surface area (Å²) in [4.78, 5) is 16.5. The van der Waals surface area contributed by atoms with Crippen LogP contribution in [-0.2, 0) is 16.6 Å². The third kappa shape index (κ3) is 5.43. The number of hydrogen-bond donors (Lipinski definition) is 1. The summed E-state index contributed by atoms with van der Waals surface area (Å²) < 4.78 is 16.9. The minimum absolute atomic E-state index is 0.0183. The van der Waals surface area contributed by atoms with Crippen LogP contribution in [0.1, 0.15) is 43.4 Å². The smallest absolute Gasteiger partial charge is 0.311 e. The highest BCUT2D eigenvalue weighted by molar-refractivity contribution is 5.88. The van der Waals surface area contributed by atoms with Crippen molar-refractivity contribution in [3.63, 3.8) is 0 Å². The van der Waals surface area contributed by atoms with Crippen molar-refractivity contribution in [1.82, 2.24) is 4.98 Å². The van der Waals surface area contributed by atoms with Crippen molar-refractivity contribution >= 4 is 16.9 Å². The molecule has 0 aliphatic carbocycles. The molecule has 1 heterocycles. The molecule has 0 saturated carbocycles. The molecule has 4 rings (SSSR count). The number of pyridine rings is 1. The first kappa shape index (κ1) is 25.0. The molecule has 1 N–H and O–H groups in total. The van der Waals surface area contributed by atoms with Crippen molar-refractivity contribution in [3.05, 3.63) is 89.6 Å². The Bertz CT molecular complexity index is 1360. The first-order chi connectivity index (χ1) is 17.2. The molecule has 4 aromatic rings. The minimum atomic E-state index is -0.841. The van der Waals surface area contributed by atoms with Crippen LogP contribution in [0.2, 0.25) is 0 Å². The summed E-state index contributed by atoms with van der Waals surface area (Å²) in [5.74, 6) is 0.996. The molecule has 1 atom stereocenters. The highest BCUT2D eigenvalue weighted by Gasteiger charge is 2.22. The molecular formula is C30H31NO5. The third-order valence-electron chi connectivity index (χ3n) is 6.28. The molecule has 0 radical (unpaired) electrons. The van der Waals surface area contributed by atoms with Gasteiger partial charge in [-0.05, 0) is 52.8 Å². The number of carboxylic acids is 1. The number of hydrogen-bond acceptors (Lipinski definition) is 5. The molecule has 0 saturated heterocycles. The van der Waals surface area contributed by atoms with Gasteiger partial charge in [0.25, 0.3) is 0 Å². The fourth-order valence-electron chi connectivity index (χ4n) is 4.16. The number of rotatable bonds is 8. The third-order valence-corrected chi connectivity index (χ3v) is 6.28. The Morgan fingerprint density at radius 3 is 2.11 bits per heavy atom. The first-order valence-electron chi connectivity index (χ1n) is 11.8. The number of ether oxygens (including phenoxy) is 3. The molecule has 0 aliphatic heterocycles. The van der Waals surface area contributed by atoms with Gasteiger partial charge in [0.05, 0.1) is 25.7 Å². The Morgan fingerprint density at radius 1 is 0.889 bits per heavy atom. The largest absolute Gasteiger partial charge is 0.493 e. The van der Waals surface area contributed by atoms with Crippen LogP contribution in [0.25, 0.3) is 10.9 Å². The zero-order valence-electron chi connectivity index (χ0n) is 21.2. The van der Waals surface area contributed by atoms with Crippen LogP contribution in [0, 0.1) is 0 Å². The van der Waals surface area contributed by atoms with Gasteiger partial charge < -0.3 is 19.3 Å². The molecule has 186 valence electrons. The summed E-state index contributed by atoms with van der Waals surface area (Å²) in [7, 11) is 3.17. The van der Waals surface area contributed by atoms with E-state index in [0.29, 0.717) is 29.4 Å². The number of carbonyl (C=O) groups is 1. The normalized spacial score (nSPS) is 12.2. The van der Waals surface area contributed by atoms with Gasteiger partial charge in [-0.3, -0.25) is 9.78 Å². The molecule has 6 heteroatoms. The SMILES string of the molecule is COc1cc2nccc(Oc3ccc(CC(C(=O)O)c4ccc(C(C)(C)C)cc4)cc3)c2cc1OC. The molecule has 1 aromatic heterocycles. The second-order valence-corrected chi connectivity index (χ2v) is 9.75. The molecular weight excluding hydrogens is 454 g/mol. The zero-order valence-corrected chi connectivity index (χ0v) is 21.2. The van der Waals surface area contributed by atoms with Crippen LogP contribution >= 0.6 is 0 Å². The number of aliphatic carboxylic acids is 1. The number of aromatic nitrogens is 1. The van der Waals surface area contributed by atoms with Crippen LogP contribution in [0.3, 0.4) is 0 Å². The van der Waals surface area contributed by atoms with Gasteiger partial charge in [-0.15, -0.1) is 0 Å². The maximum atomic E-state index is 12.1. The van der Waals surface area contributed by atoms with Crippen molar-refractivity contribution in [2.75, 3.05) is 14.2 Å². The number of benzene rings is 3. The minimum Gasteiger partial charge on any atom is -0.493 e. The average molecular weight is 486 g/mol. The fraction of sp³-hybridized carbons (Fsp3) is 0.267. The Labute approximate surface area is 211 Å². The van der Waals surface area contributed by atoms with E-state index in [1.54, 1.807) is 26.5 Å². The predicted molar refractivity (Wildman–Crippen MR) is 141 cm³/mol. The average Bonchev–Trinajstić information content (AvgIpc) is 2.87. The van der Waals surface area contributed by atoms with Crippen molar-refractivity contribution in [3.8, 4) is 23.0 Å². The van der Waals surface area contributed by atoms with E-state index in [2.05, 4.69) is 25.8 Å². The van der Waals surface area contributed by atoms with E-state index in [4.69, 9.17) is 14.2 Å². The number of methoxy groups -OCH3 is 2. The van der Waals surface area contributed by atoms with Gasteiger partial charge in [-0.25, -0.2) is 0 Å². The molecule has 0 bridgehead atoms. The summed E-state index contributed by atoms with van der Waals surface area (Å²) in [6.07, 6.45) is 2.07. The van der Waals surface area contributed by atoms with Gasteiger partial charge in [0.15, 0.2) is 11.5 Å². The van der Waals surface area contributed by atoms with Crippen molar-refractivity contribution in [2.45, 2.75) is 38.5 Å². The van der Waals surface area contributed by atoms with Crippen LogP contribution in [0.5, 0.6) is 23.0 Å². The lowest BCUT2D eigenvalue weighted by atomic mass is 9.84. The van der Waals surface area contributed by atoms with Crippen molar-refractivity contribution in [2.24, 2.45) is 0 Å². The van der Waals surface area contributed by atoms with Crippen molar-refractivity contribution in [1.29, 1.82) is 0 Å². The van der Waals surface area contributed by atoms with E-state index >= 15 is 0 Å². The summed E-state index contributed by atoms with van der Waals surface area (Å²) in [6, 6.07) is 20.8. The molecule has 1 unspecified atom stereocenters. The lowest BCUT2D eigenvalue weighted by molar-refractivity contribution is -0.138. The van der Waals surface area contributed by atoms with Crippen LogP contribution < -0.4 is 14.2 Å². The van der Waals surface area contributed by atoms with E-state index in [9.17, 15) is 9.90 Å². The molecule has 0 spiro atoms. The molecule has 0 aliphatic rings. The quantitative estimate of drug-likeness (QED) is 0.297. The summed E-state index contributed by atoms with van der Waals surface area (Å²) in [5, 5.41) is 10.7. The maximum absolute atomic E-state index is 12.1. The van der Waals surface area contributed by atoms with Crippen molar-refractivity contribution < 1.29 is 24.1 Å². The Hall–Kier alpha value is -4.06. The van der Waals surface area contributed by atoms with Gasteiger partial charge in [-0.1, -0.05) is 57.2 Å².